The molecule has 0 saturated heterocycles. The molecule has 0 radical (unpaired) electrons. The normalized spacial score (nSPS) is 20.8. The van der Waals surface area contributed by atoms with Gasteiger partial charge in [-0.1, -0.05) is 13.8 Å². The van der Waals surface area contributed by atoms with Gasteiger partial charge >= 0.3 is 0 Å². The Kier molecular flexibility index (Phi) is 5.74. The molecule has 0 aromatic heterocycles. The highest BCUT2D eigenvalue weighted by Gasteiger charge is 2.32. The molecular formula is C19H29NO2. The molecule has 0 atom stereocenters. The molecule has 0 fully saturated rings. The largest absolute Gasteiger partial charge is 0.304 e. The maximum atomic E-state index is 12.5. The lowest BCUT2D eigenvalue weighted by atomic mass is 9.83. The molecule has 0 aromatic carbocycles. The van der Waals surface area contributed by atoms with Crippen LogP contribution in [0.2, 0.25) is 0 Å². The van der Waals surface area contributed by atoms with Crippen molar-refractivity contribution < 1.29 is 9.59 Å². The summed E-state index contributed by atoms with van der Waals surface area (Å²) in [5.74, 6) is 0.875. The Bertz CT molecular complexity index is 486. The zero-order valence-corrected chi connectivity index (χ0v) is 14.5. The average molecular weight is 303 g/mol. The lowest BCUT2D eigenvalue weighted by molar-refractivity contribution is -0.116. The summed E-state index contributed by atoms with van der Waals surface area (Å²) in [7, 11) is 0. The fourth-order valence-corrected chi connectivity index (χ4v) is 3.63. The van der Waals surface area contributed by atoms with Gasteiger partial charge in [0.1, 0.15) is 0 Å². The van der Waals surface area contributed by atoms with Gasteiger partial charge in [-0.05, 0) is 71.5 Å². The van der Waals surface area contributed by atoms with Crippen LogP contribution in [0.1, 0.15) is 59.8 Å². The maximum absolute atomic E-state index is 12.5. The van der Waals surface area contributed by atoms with E-state index in [1.807, 2.05) is 0 Å². The van der Waals surface area contributed by atoms with Crippen LogP contribution < -0.4 is 0 Å². The second-order valence-corrected chi connectivity index (χ2v) is 6.62. The molecule has 122 valence electrons. The minimum Gasteiger partial charge on any atom is -0.304 e. The first-order chi connectivity index (χ1) is 10.5. The van der Waals surface area contributed by atoms with Crippen molar-refractivity contribution in [2.75, 3.05) is 19.6 Å². The fourth-order valence-electron chi connectivity index (χ4n) is 3.63. The molecule has 0 amide bonds. The van der Waals surface area contributed by atoms with Gasteiger partial charge in [0.2, 0.25) is 0 Å². The van der Waals surface area contributed by atoms with Gasteiger partial charge in [-0.2, -0.15) is 0 Å². The van der Waals surface area contributed by atoms with Crippen molar-refractivity contribution in [1.29, 1.82) is 0 Å². The lowest BCUT2D eigenvalue weighted by Crippen LogP contribution is -2.25. The summed E-state index contributed by atoms with van der Waals surface area (Å²) < 4.78 is 0. The molecule has 0 aromatic rings. The minimum absolute atomic E-state index is 0.122. The van der Waals surface area contributed by atoms with Crippen LogP contribution in [0.15, 0.2) is 22.3 Å². The molecule has 2 rings (SSSR count). The smallest absolute Gasteiger partial charge is 0.185 e. The van der Waals surface area contributed by atoms with Gasteiger partial charge in [0.15, 0.2) is 11.6 Å². The van der Waals surface area contributed by atoms with Crippen LogP contribution in [0, 0.1) is 5.92 Å². The Morgan fingerprint density at radius 3 is 1.77 bits per heavy atom. The van der Waals surface area contributed by atoms with E-state index in [-0.39, 0.29) is 11.6 Å². The highest BCUT2D eigenvalue weighted by Crippen LogP contribution is 2.36. The van der Waals surface area contributed by atoms with E-state index in [2.05, 4.69) is 18.7 Å². The van der Waals surface area contributed by atoms with Crippen molar-refractivity contribution in [2.24, 2.45) is 5.92 Å². The van der Waals surface area contributed by atoms with Crippen molar-refractivity contribution in [3.05, 3.63) is 22.3 Å². The first-order valence-electron chi connectivity index (χ1n) is 8.70. The molecule has 2 aliphatic rings. The van der Waals surface area contributed by atoms with Crippen molar-refractivity contribution >= 4 is 11.6 Å². The van der Waals surface area contributed by atoms with Gasteiger partial charge in [-0.25, -0.2) is 0 Å². The van der Waals surface area contributed by atoms with Crippen LogP contribution in [0.4, 0.5) is 0 Å². The van der Waals surface area contributed by atoms with Gasteiger partial charge in [0.25, 0.3) is 0 Å². The van der Waals surface area contributed by atoms with Crippen LogP contribution in [-0.4, -0.2) is 36.1 Å². The molecule has 0 spiro atoms. The number of allylic oxidation sites excluding steroid dienone is 4. The molecule has 0 bridgehead atoms. The molecule has 3 nitrogen and oxygen atoms in total. The van der Waals surface area contributed by atoms with Crippen LogP contribution in [-0.2, 0) is 9.59 Å². The topological polar surface area (TPSA) is 37.4 Å². The highest BCUT2D eigenvalue weighted by atomic mass is 16.1. The number of ketones is 2. The summed E-state index contributed by atoms with van der Waals surface area (Å²) in [5, 5.41) is 0. The number of Topliss-reactive ketones (excluding diaryl/α,β-unsaturated/α-hetero) is 2. The highest BCUT2D eigenvalue weighted by molar-refractivity contribution is 6.24. The Hall–Kier alpha value is -1.22. The molecule has 2 aliphatic carbocycles. The van der Waals surface area contributed by atoms with E-state index in [4.69, 9.17) is 0 Å². The van der Waals surface area contributed by atoms with Gasteiger partial charge in [-0.15, -0.1) is 0 Å². The molecular weight excluding hydrogens is 274 g/mol. The van der Waals surface area contributed by atoms with Gasteiger partial charge < -0.3 is 4.90 Å². The fraction of sp³-hybridized carbons (Fsp3) is 0.684. The Labute approximate surface area is 134 Å². The van der Waals surface area contributed by atoms with Crippen LogP contribution in [0.5, 0.6) is 0 Å². The van der Waals surface area contributed by atoms with Crippen molar-refractivity contribution in [3.8, 4) is 0 Å². The quantitative estimate of drug-likeness (QED) is 0.727. The summed E-state index contributed by atoms with van der Waals surface area (Å²) in [6, 6.07) is 0. The zero-order valence-electron chi connectivity index (χ0n) is 14.5. The monoisotopic (exact) mass is 303 g/mol. The average Bonchev–Trinajstić information content (AvgIpc) is 2.74. The molecule has 0 saturated carbocycles. The van der Waals surface area contributed by atoms with E-state index in [0.29, 0.717) is 17.1 Å². The Morgan fingerprint density at radius 2 is 1.36 bits per heavy atom. The van der Waals surface area contributed by atoms with E-state index < -0.39 is 0 Å². The number of hydrogen-bond donors (Lipinski definition) is 0. The summed E-state index contributed by atoms with van der Waals surface area (Å²) in [5.41, 5.74) is 2.95. The summed E-state index contributed by atoms with van der Waals surface area (Å²) in [6.07, 6.45) is 4.84. The van der Waals surface area contributed by atoms with Crippen molar-refractivity contribution in [3.63, 3.8) is 0 Å². The molecule has 0 aliphatic heterocycles. The molecule has 0 heterocycles. The summed E-state index contributed by atoms with van der Waals surface area (Å²) in [6.45, 7) is 11.3. The summed E-state index contributed by atoms with van der Waals surface area (Å²) >= 11 is 0. The molecule has 3 heteroatoms. The molecule has 0 unspecified atom stereocenters. The van der Waals surface area contributed by atoms with Gasteiger partial charge in [0, 0.05) is 22.3 Å². The van der Waals surface area contributed by atoms with Crippen LogP contribution >= 0.6 is 0 Å². The maximum Gasteiger partial charge on any atom is 0.185 e. The van der Waals surface area contributed by atoms with E-state index in [1.165, 1.54) is 6.42 Å². The lowest BCUT2D eigenvalue weighted by Gasteiger charge is -2.21. The van der Waals surface area contributed by atoms with E-state index in [0.717, 1.165) is 56.5 Å². The SMILES string of the molecule is CCN(CC)CCC1CCC2=C(CC1)C(=O)C(C)=C(C)C2=O. The van der Waals surface area contributed by atoms with Gasteiger partial charge in [0.05, 0.1) is 0 Å². The van der Waals surface area contributed by atoms with E-state index >= 15 is 0 Å². The van der Waals surface area contributed by atoms with Crippen LogP contribution in [0.25, 0.3) is 0 Å². The number of rotatable bonds is 5. The van der Waals surface area contributed by atoms with E-state index in [9.17, 15) is 9.59 Å². The Morgan fingerprint density at radius 1 is 0.909 bits per heavy atom. The third-order valence-corrected chi connectivity index (χ3v) is 5.51. The number of carbonyl (C=O) groups is 2. The first kappa shape index (κ1) is 17.1. The first-order valence-corrected chi connectivity index (χ1v) is 8.70. The Balaban J connectivity index is 2.02. The number of nitrogens with zero attached hydrogens (tertiary/aromatic N) is 1. The predicted molar refractivity (Wildman–Crippen MR) is 89.8 cm³/mol. The predicted octanol–water partition coefficient (Wildman–Crippen LogP) is 3.69. The minimum atomic E-state index is 0.122. The van der Waals surface area contributed by atoms with Crippen molar-refractivity contribution in [2.45, 2.75) is 59.8 Å². The number of hydrogen-bond acceptors (Lipinski definition) is 3. The van der Waals surface area contributed by atoms with Crippen LogP contribution in [0.3, 0.4) is 0 Å². The number of carbonyl (C=O) groups excluding carboxylic acids is 2. The van der Waals surface area contributed by atoms with Crippen molar-refractivity contribution in [1.82, 2.24) is 4.90 Å². The second-order valence-electron chi connectivity index (χ2n) is 6.62. The zero-order chi connectivity index (χ0) is 16.3. The van der Waals surface area contributed by atoms with E-state index in [1.54, 1.807) is 13.8 Å². The summed E-state index contributed by atoms with van der Waals surface area (Å²) in [4.78, 5) is 27.4. The molecule has 22 heavy (non-hydrogen) atoms. The third kappa shape index (κ3) is 3.40. The van der Waals surface area contributed by atoms with Gasteiger partial charge in [-0.3, -0.25) is 9.59 Å². The second kappa shape index (κ2) is 7.36. The third-order valence-electron chi connectivity index (χ3n) is 5.51. The standard InChI is InChI=1S/C19H29NO2/c1-5-20(6-2)12-11-15-7-9-16-17(10-8-15)19(22)14(4)13(3)18(16)21/h15H,5-12H2,1-4H3. The molecule has 0 N–H and O–H groups in total.